The lowest BCUT2D eigenvalue weighted by Crippen LogP contribution is -2.39. The maximum atomic E-state index is 12.6. The Bertz CT molecular complexity index is 799. The van der Waals surface area contributed by atoms with Crippen molar-refractivity contribution in [1.82, 2.24) is 15.2 Å². The van der Waals surface area contributed by atoms with Crippen molar-refractivity contribution in [3.8, 4) is 0 Å². The molecule has 5 nitrogen and oxygen atoms in total. The summed E-state index contributed by atoms with van der Waals surface area (Å²) in [5.41, 5.74) is 1.74. The van der Waals surface area contributed by atoms with Crippen molar-refractivity contribution >= 4 is 32.6 Å². The van der Waals surface area contributed by atoms with Gasteiger partial charge in [0.15, 0.2) is 5.13 Å². The van der Waals surface area contributed by atoms with Gasteiger partial charge in [-0.1, -0.05) is 17.8 Å². The first kappa shape index (κ1) is 19.6. The molecule has 2 fully saturated rings. The quantitative estimate of drug-likeness (QED) is 0.735. The summed E-state index contributed by atoms with van der Waals surface area (Å²) in [6.45, 7) is 7.54. The zero-order valence-corrected chi connectivity index (χ0v) is 17.8. The zero-order chi connectivity index (χ0) is 19.3. The van der Waals surface area contributed by atoms with Gasteiger partial charge < -0.3 is 15.1 Å². The Morgan fingerprint density at radius 3 is 2.82 bits per heavy atom. The third kappa shape index (κ3) is 4.66. The first-order chi connectivity index (χ1) is 13.7. The predicted molar refractivity (Wildman–Crippen MR) is 118 cm³/mol. The van der Waals surface area contributed by atoms with Gasteiger partial charge in [-0.05, 0) is 70.2 Å². The van der Waals surface area contributed by atoms with E-state index in [1.807, 2.05) is 18.2 Å². The number of hydrogen-bond donors (Lipinski definition) is 1. The molecule has 3 heterocycles. The van der Waals surface area contributed by atoms with Crippen molar-refractivity contribution in [3.05, 3.63) is 23.8 Å². The highest BCUT2D eigenvalue weighted by molar-refractivity contribution is 7.22. The first-order valence-corrected chi connectivity index (χ1v) is 11.7. The fraction of sp³-hybridized carbons (Fsp3) is 0.636. The number of anilines is 1. The second-order valence-corrected chi connectivity index (χ2v) is 9.23. The van der Waals surface area contributed by atoms with Gasteiger partial charge >= 0.3 is 0 Å². The highest BCUT2D eigenvalue weighted by Crippen LogP contribution is 2.31. The topological polar surface area (TPSA) is 48.5 Å². The molecule has 1 atom stereocenters. The molecule has 0 aliphatic carbocycles. The van der Waals surface area contributed by atoms with Gasteiger partial charge in [-0.2, -0.15) is 0 Å². The molecule has 0 spiro atoms. The number of nitrogens with zero attached hydrogens (tertiary/aromatic N) is 3. The van der Waals surface area contributed by atoms with Gasteiger partial charge in [0.2, 0.25) is 0 Å². The number of amides is 1. The summed E-state index contributed by atoms with van der Waals surface area (Å²) >= 11 is 1.71. The summed E-state index contributed by atoms with van der Waals surface area (Å²) < 4.78 is 1.11. The number of piperidine rings is 2. The minimum absolute atomic E-state index is 0.0292. The van der Waals surface area contributed by atoms with Crippen LogP contribution in [0, 0.1) is 0 Å². The Morgan fingerprint density at radius 1 is 1.18 bits per heavy atom. The third-order valence-electron chi connectivity index (χ3n) is 6.11. The molecule has 1 amide bonds. The Balaban J connectivity index is 1.31. The SMILES string of the molecule is C[C@@H]1CCCCN1CCCNC(=O)c1ccc2nc(N3CCCCC3)sc2c1. The number of thiazole rings is 1. The van der Waals surface area contributed by atoms with Crippen LogP contribution in [0.3, 0.4) is 0 Å². The summed E-state index contributed by atoms with van der Waals surface area (Å²) in [5.74, 6) is 0.0292. The van der Waals surface area contributed by atoms with E-state index in [-0.39, 0.29) is 5.91 Å². The highest BCUT2D eigenvalue weighted by Gasteiger charge is 2.18. The summed E-state index contributed by atoms with van der Waals surface area (Å²) in [4.78, 5) is 22.3. The van der Waals surface area contributed by atoms with Crippen LogP contribution >= 0.6 is 11.3 Å². The van der Waals surface area contributed by atoms with E-state index in [1.54, 1.807) is 11.3 Å². The molecule has 1 aromatic heterocycles. The average Bonchev–Trinajstić information content (AvgIpc) is 3.16. The molecule has 1 N–H and O–H groups in total. The summed E-state index contributed by atoms with van der Waals surface area (Å²) in [7, 11) is 0. The normalized spacial score (nSPS) is 21.2. The molecule has 28 heavy (non-hydrogen) atoms. The fourth-order valence-corrected chi connectivity index (χ4v) is 5.41. The Hall–Kier alpha value is -1.66. The minimum atomic E-state index is 0.0292. The van der Waals surface area contributed by atoms with Crippen molar-refractivity contribution in [2.75, 3.05) is 37.6 Å². The second kappa shape index (κ2) is 9.23. The second-order valence-electron chi connectivity index (χ2n) is 8.22. The van der Waals surface area contributed by atoms with Gasteiger partial charge in [-0.3, -0.25) is 4.79 Å². The molecule has 2 aliphatic rings. The van der Waals surface area contributed by atoms with E-state index in [0.717, 1.165) is 53.5 Å². The van der Waals surface area contributed by atoms with Crippen molar-refractivity contribution < 1.29 is 4.79 Å². The van der Waals surface area contributed by atoms with Crippen LogP contribution in [0.4, 0.5) is 5.13 Å². The molecule has 0 radical (unpaired) electrons. The van der Waals surface area contributed by atoms with E-state index in [4.69, 9.17) is 4.98 Å². The van der Waals surface area contributed by atoms with Crippen LogP contribution in [0.1, 0.15) is 62.2 Å². The smallest absolute Gasteiger partial charge is 0.251 e. The van der Waals surface area contributed by atoms with Crippen LogP contribution in [0.25, 0.3) is 10.2 Å². The molecule has 2 aliphatic heterocycles. The monoisotopic (exact) mass is 400 g/mol. The number of carbonyl (C=O) groups excluding carboxylic acids is 1. The van der Waals surface area contributed by atoms with Crippen molar-refractivity contribution in [2.45, 2.75) is 57.9 Å². The summed E-state index contributed by atoms with van der Waals surface area (Å²) in [5, 5.41) is 4.20. The van der Waals surface area contributed by atoms with E-state index in [1.165, 1.54) is 45.1 Å². The van der Waals surface area contributed by atoms with E-state index < -0.39 is 0 Å². The van der Waals surface area contributed by atoms with Gasteiger partial charge in [0.05, 0.1) is 10.2 Å². The van der Waals surface area contributed by atoms with E-state index in [9.17, 15) is 4.79 Å². The first-order valence-electron chi connectivity index (χ1n) is 10.9. The molecule has 0 unspecified atom stereocenters. The maximum absolute atomic E-state index is 12.6. The molecule has 2 saturated heterocycles. The van der Waals surface area contributed by atoms with Crippen LogP contribution in [0.15, 0.2) is 18.2 Å². The van der Waals surface area contributed by atoms with Gasteiger partial charge in [-0.25, -0.2) is 4.98 Å². The molecule has 6 heteroatoms. The average molecular weight is 401 g/mol. The van der Waals surface area contributed by atoms with Crippen LogP contribution in [-0.4, -0.2) is 54.6 Å². The predicted octanol–water partition coefficient (Wildman–Crippen LogP) is 4.28. The maximum Gasteiger partial charge on any atom is 0.251 e. The molecular weight excluding hydrogens is 368 g/mol. The van der Waals surface area contributed by atoms with Crippen molar-refractivity contribution in [3.63, 3.8) is 0 Å². The standard InChI is InChI=1S/C22H32N4OS/c1-17-8-3-6-12-25(17)15-7-11-23-21(27)18-9-10-19-20(16-18)28-22(24-19)26-13-4-2-5-14-26/h9-10,16-17H,2-8,11-15H2,1H3,(H,23,27)/t17-/m1/s1. The zero-order valence-electron chi connectivity index (χ0n) is 17.0. The molecule has 4 rings (SSSR count). The van der Waals surface area contributed by atoms with Gasteiger partial charge in [0.25, 0.3) is 5.91 Å². The van der Waals surface area contributed by atoms with Gasteiger partial charge in [-0.15, -0.1) is 0 Å². The minimum Gasteiger partial charge on any atom is -0.352 e. The number of benzene rings is 1. The molecule has 2 aromatic rings. The van der Waals surface area contributed by atoms with Crippen molar-refractivity contribution in [2.24, 2.45) is 0 Å². The summed E-state index contributed by atoms with van der Waals surface area (Å²) in [6.07, 6.45) is 8.81. The fourth-order valence-electron chi connectivity index (χ4n) is 4.35. The lowest BCUT2D eigenvalue weighted by atomic mass is 10.0. The van der Waals surface area contributed by atoms with E-state index in [2.05, 4.69) is 22.0 Å². The van der Waals surface area contributed by atoms with Crippen LogP contribution < -0.4 is 10.2 Å². The van der Waals surface area contributed by atoms with Gasteiger partial charge in [0.1, 0.15) is 0 Å². The number of nitrogens with one attached hydrogen (secondary N) is 1. The molecule has 0 saturated carbocycles. The number of likely N-dealkylation sites (tertiary alicyclic amines) is 1. The Labute approximate surface area is 172 Å². The number of carbonyl (C=O) groups is 1. The molecular formula is C22H32N4OS. The number of hydrogen-bond acceptors (Lipinski definition) is 5. The number of rotatable bonds is 6. The van der Waals surface area contributed by atoms with Gasteiger partial charge in [0, 0.05) is 37.8 Å². The van der Waals surface area contributed by atoms with Crippen LogP contribution in [0.2, 0.25) is 0 Å². The van der Waals surface area contributed by atoms with E-state index >= 15 is 0 Å². The van der Waals surface area contributed by atoms with Crippen LogP contribution in [0.5, 0.6) is 0 Å². The number of aromatic nitrogens is 1. The van der Waals surface area contributed by atoms with E-state index in [0.29, 0.717) is 6.04 Å². The Morgan fingerprint density at radius 2 is 2.00 bits per heavy atom. The lowest BCUT2D eigenvalue weighted by molar-refractivity contribution is 0.0949. The highest BCUT2D eigenvalue weighted by atomic mass is 32.1. The van der Waals surface area contributed by atoms with Crippen LogP contribution in [-0.2, 0) is 0 Å². The molecule has 0 bridgehead atoms. The summed E-state index contributed by atoms with van der Waals surface area (Å²) in [6, 6.07) is 6.59. The Kier molecular flexibility index (Phi) is 6.47. The third-order valence-corrected chi connectivity index (χ3v) is 7.19. The molecule has 152 valence electrons. The number of fused-ring (bicyclic) bond motifs is 1. The molecule has 1 aromatic carbocycles. The lowest BCUT2D eigenvalue weighted by Gasteiger charge is -2.33. The van der Waals surface area contributed by atoms with Crippen molar-refractivity contribution in [1.29, 1.82) is 0 Å². The largest absolute Gasteiger partial charge is 0.352 e.